The Labute approximate surface area is 182 Å². The molecular formula is C19H13F6N3O4S. The molecule has 0 saturated heterocycles. The normalized spacial score (nSPS) is 12.8. The van der Waals surface area contributed by atoms with Gasteiger partial charge in [0, 0.05) is 0 Å². The molecule has 0 unspecified atom stereocenters. The summed E-state index contributed by atoms with van der Waals surface area (Å²) in [5, 5.41) is 3.14. The Hall–Kier alpha value is -3.55. The molecule has 14 heteroatoms. The van der Waals surface area contributed by atoms with E-state index in [-0.39, 0.29) is 16.2 Å². The van der Waals surface area contributed by atoms with Gasteiger partial charge >= 0.3 is 18.2 Å². The molecule has 0 atom stereocenters. The number of nitrogens with one attached hydrogen (secondary N) is 1. The van der Waals surface area contributed by atoms with Crippen LogP contribution in [0, 0.1) is 0 Å². The molecule has 0 radical (unpaired) electrons. The summed E-state index contributed by atoms with van der Waals surface area (Å²) in [6.07, 6.45) is -7.23. The predicted molar refractivity (Wildman–Crippen MR) is 103 cm³/mol. The zero-order valence-corrected chi connectivity index (χ0v) is 17.2. The Morgan fingerprint density at radius 2 is 1.73 bits per heavy atom. The third kappa shape index (κ3) is 5.83. The van der Waals surface area contributed by atoms with Gasteiger partial charge in [-0.25, -0.2) is 8.42 Å². The standard InChI is InChI=1S/C19H13F6N3O4S/c1-31-15-7-6-12(18(20,21)22)10-14(15)28-33(29,30)13-4-2-3-11(9-13)5-8-16-26-17(32-27-16)19(23,24)25/h2-10,28H,1H3. The maximum absolute atomic E-state index is 13.0. The second-order valence-corrected chi connectivity index (χ2v) is 8.06. The molecule has 1 aromatic heterocycles. The van der Waals surface area contributed by atoms with E-state index >= 15 is 0 Å². The van der Waals surface area contributed by atoms with E-state index in [0.717, 1.165) is 31.4 Å². The summed E-state index contributed by atoms with van der Waals surface area (Å²) in [4.78, 5) is 2.82. The second kappa shape index (κ2) is 8.77. The second-order valence-electron chi connectivity index (χ2n) is 6.38. The number of benzene rings is 2. The van der Waals surface area contributed by atoms with E-state index in [2.05, 4.69) is 14.7 Å². The van der Waals surface area contributed by atoms with Crippen LogP contribution in [0.2, 0.25) is 0 Å². The third-order valence-electron chi connectivity index (χ3n) is 4.05. The highest BCUT2D eigenvalue weighted by molar-refractivity contribution is 7.92. The Morgan fingerprint density at radius 1 is 1.00 bits per heavy atom. The van der Waals surface area contributed by atoms with Crippen LogP contribution in [-0.4, -0.2) is 25.7 Å². The fraction of sp³-hybridized carbons (Fsp3) is 0.158. The van der Waals surface area contributed by atoms with Gasteiger partial charge in [0.1, 0.15) is 5.75 Å². The zero-order valence-electron chi connectivity index (χ0n) is 16.4. The van der Waals surface area contributed by atoms with Gasteiger partial charge in [-0.05, 0) is 42.0 Å². The minimum Gasteiger partial charge on any atom is -0.495 e. The van der Waals surface area contributed by atoms with Gasteiger partial charge in [0.05, 0.1) is 23.3 Å². The summed E-state index contributed by atoms with van der Waals surface area (Å²) in [5.41, 5.74) is -1.29. The number of methoxy groups -OCH3 is 1. The molecule has 0 bridgehead atoms. The summed E-state index contributed by atoms with van der Waals surface area (Å²) in [6.45, 7) is 0. The average molecular weight is 493 g/mol. The molecule has 176 valence electrons. The lowest BCUT2D eigenvalue weighted by atomic mass is 10.2. The number of rotatable bonds is 6. The first-order valence-corrected chi connectivity index (χ1v) is 10.2. The van der Waals surface area contributed by atoms with Crippen molar-refractivity contribution in [2.24, 2.45) is 0 Å². The molecular weight excluding hydrogens is 480 g/mol. The van der Waals surface area contributed by atoms with E-state index in [9.17, 15) is 34.8 Å². The fourth-order valence-electron chi connectivity index (χ4n) is 2.54. The molecule has 0 fully saturated rings. The molecule has 0 saturated carbocycles. The summed E-state index contributed by atoms with van der Waals surface area (Å²) in [7, 11) is -3.20. The van der Waals surface area contributed by atoms with E-state index in [1.165, 1.54) is 24.3 Å². The average Bonchev–Trinajstić information content (AvgIpc) is 3.21. The molecule has 0 spiro atoms. The van der Waals surface area contributed by atoms with Crippen LogP contribution in [0.15, 0.2) is 51.9 Å². The maximum atomic E-state index is 13.0. The minimum atomic E-state index is -4.82. The van der Waals surface area contributed by atoms with Crippen LogP contribution in [0.25, 0.3) is 12.2 Å². The summed E-state index contributed by atoms with van der Waals surface area (Å²) in [5.74, 6) is -2.08. The molecule has 33 heavy (non-hydrogen) atoms. The van der Waals surface area contributed by atoms with Crippen molar-refractivity contribution in [3.8, 4) is 5.75 Å². The van der Waals surface area contributed by atoms with Gasteiger partial charge in [-0.15, -0.1) is 0 Å². The molecule has 1 N–H and O–H groups in total. The SMILES string of the molecule is COc1ccc(C(F)(F)F)cc1NS(=O)(=O)c1cccc(C=Cc2noc(C(F)(F)F)n2)c1. The van der Waals surface area contributed by atoms with Crippen molar-refractivity contribution in [1.82, 2.24) is 10.1 Å². The Bertz CT molecular complexity index is 1280. The molecule has 0 aliphatic carbocycles. The Morgan fingerprint density at radius 3 is 2.33 bits per heavy atom. The lowest BCUT2D eigenvalue weighted by molar-refractivity contribution is -0.159. The van der Waals surface area contributed by atoms with Crippen LogP contribution >= 0.6 is 0 Å². The number of sulfonamides is 1. The highest BCUT2D eigenvalue weighted by Crippen LogP contribution is 2.36. The van der Waals surface area contributed by atoms with Crippen molar-refractivity contribution in [2.75, 3.05) is 11.8 Å². The van der Waals surface area contributed by atoms with E-state index in [4.69, 9.17) is 4.74 Å². The molecule has 0 amide bonds. The quantitative estimate of drug-likeness (QED) is 0.481. The van der Waals surface area contributed by atoms with Crippen molar-refractivity contribution < 1.29 is 44.0 Å². The van der Waals surface area contributed by atoms with Crippen LogP contribution < -0.4 is 9.46 Å². The van der Waals surface area contributed by atoms with Gasteiger partial charge in [-0.2, -0.15) is 31.3 Å². The first-order valence-electron chi connectivity index (χ1n) is 8.77. The topological polar surface area (TPSA) is 94.3 Å². The number of anilines is 1. The summed E-state index contributed by atoms with van der Waals surface area (Å²) < 4.78 is 113. The van der Waals surface area contributed by atoms with Gasteiger partial charge in [0.15, 0.2) is 5.82 Å². The number of hydrogen-bond donors (Lipinski definition) is 1. The molecule has 3 rings (SSSR count). The largest absolute Gasteiger partial charge is 0.495 e. The highest BCUT2D eigenvalue weighted by atomic mass is 32.2. The van der Waals surface area contributed by atoms with Crippen molar-refractivity contribution >= 4 is 27.9 Å². The van der Waals surface area contributed by atoms with Crippen LogP contribution in [0.4, 0.5) is 32.0 Å². The van der Waals surface area contributed by atoms with Crippen LogP contribution in [0.3, 0.4) is 0 Å². The highest BCUT2D eigenvalue weighted by Gasteiger charge is 2.38. The third-order valence-corrected chi connectivity index (χ3v) is 5.41. The first-order chi connectivity index (χ1) is 15.3. The molecule has 1 heterocycles. The first kappa shape index (κ1) is 24.1. The lowest BCUT2D eigenvalue weighted by Crippen LogP contribution is -2.15. The molecule has 0 aliphatic heterocycles. The zero-order chi connectivity index (χ0) is 24.4. The van der Waals surface area contributed by atoms with Crippen molar-refractivity contribution in [3.05, 3.63) is 65.3 Å². The van der Waals surface area contributed by atoms with Gasteiger partial charge in [-0.1, -0.05) is 23.4 Å². The van der Waals surface area contributed by atoms with Crippen molar-refractivity contribution in [1.29, 1.82) is 0 Å². The van der Waals surface area contributed by atoms with E-state index in [0.29, 0.717) is 6.07 Å². The monoisotopic (exact) mass is 493 g/mol. The van der Waals surface area contributed by atoms with Gasteiger partial charge in [-0.3, -0.25) is 4.72 Å². The van der Waals surface area contributed by atoms with Gasteiger partial charge in [0.2, 0.25) is 0 Å². The minimum absolute atomic E-state index is 0.139. The number of halogens is 6. The van der Waals surface area contributed by atoms with Crippen molar-refractivity contribution in [3.63, 3.8) is 0 Å². The van der Waals surface area contributed by atoms with Crippen LogP contribution in [0.1, 0.15) is 22.8 Å². The number of hydrogen-bond acceptors (Lipinski definition) is 6. The maximum Gasteiger partial charge on any atom is 0.471 e. The van der Waals surface area contributed by atoms with Gasteiger partial charge in [0.25, 0.3) is 10.0 Å². The number of nitrogens with zero attached hydrogens (tertiary/aromatic N) is 2. The van der Waals surface area contributed by atoms with E-state index in [1.54, 1.807) is 0 Å². The molecule has 2 aromatic carbocycles. The summed E-state index contributed by atoms with van der Waals surface area (Å²) >= 11 is 0. The molecule has 3 aromatic rings. The fourth-order valence-corrected chi connectivity index (χ4v) is 3.66. The van der Waals surface area contributed by atoms with Crippen LogP contribution in [0.5, 0.6) is 5.75 Å². The predicted octanol–water partition coefficient (Wildman–Crippen LogP) is 5.09. The molecule has 0 aliphatic rings. The lowest BCUT2D eigenvalue weighted by Gasteiger charge is -2.15. The number of aromatic nitrogens is 2. The van der Waals surface area contributed by atoms with E-state index in [1.807, 2.05) is 4.72 Å². The number of ether oxygens (including phenoxy) is 1. The Balaban J connectivity index is 1.87. The number of alkyl halides is 6. The summed E-state index contributed by atoms with van der Waals surface area (Å²) in [6, 6.07) is 7.39. The molecule has 7 nitrogen and oxygen atoms in total. The van der Waals surface area contributed by atoms with Crippen molar-refractivity contribution in [2.45, 2.75) is 17.2 Å². The van der Waals surface area contributed by atoms with Crippen LogP contribution in [-0.2, 0) is 22.4 Å². The smallest absolute Gasteiger partial charge is 0.471 e. The Kier molecular flexibility index (Phi) is 6.40. The van der Waals surface area contributed by atoms with Gasteiger partial charge < -0.3 is 9.26 Å². The van der Waals surface area contributed by atoms with E-state index < -0.39 is 45.3 Å².